The minimum atomic E-state index is -1.27. The second kappa shape index (κ2) is 27.4. The minimum Gasteiger partial charge on any atom is -0.493 e. The molecule has 0 saturated heterocycles. The van der Waals surface area contributed by atoms with Gasteiger partial charge in [-0.3, -0.25) is 0 Å². The number of rotatable bonds is 19. The number of ether oxygens (including phenoxy) is 9. The fraction of sp³-hybridized carbons (Fsp3) is 0.338. The average Bonchev–Trinajstić information content (AvgIpc) is 1.53. The molecule has 0 radical (unpaired) electrons. The molecule has 92 heavy (non-hydrogen) atoms. The highest BCUT2D eigenvalue weighted by Gasteiger charge is 2.37. The van der Waals surface area contributed by atoms with Crippen LogP contribution in [0.5, 0.6) is 34.5 Å². The Morgan fingerprint density at radius 3 is 1.41 bits per heavy atom. The van der Waals surface area contributed by atoms with E-state index in [1.165, 1.54) is 27.4 Å². The molecule has 1 aliphatic rings. The molecule has 0 spiro atoms. The number of esters is 3. The van der Waals surface area contributed by atoms with Crippen molar-refractivity contribution in [3.63, 3.8) is 0 Å². The normalized spacial score (nSPS) is 13.1. The van der Waals surface area contributed by atoms with E-state index >= 15 is 4.79 Å². The quantitative estimate of drug-likeness (QED) is 0.0294. The number of carbonyl (C=O) groups is 6. The van der Waals surface area contributed by atoms with Crippen LogP contribution in [0.4, 0.5) is 14.4 Å². The zero-order valence-corrected chi connectivity index (χ0v) is 53.8. The lowest BCUT2D eigenvalue weighted by molar-refractivity contribution is -0.137. The molecule has 0 aliphatic carbocycles. The van der Waals surface area contributed by atoms with Gasteiger partial charge in [-0.05, 0) is 128 Å². The average molecular weight is 1260 g/mol. The van der Waals surface area contributed by atoms with Crippen LogP contribution in [0, 0.1) is 6.92 Å². The van der Waals surface area contributed by atoms with E-state index in [4.69, 9.17) is 47.0 Å². The first-order chi connectivity index (χ1) is 43.6. The van der Waals surface area contributed by atoms with Gasteiger partial charge >= 0.3 is 41.8 Å². The molecule has 1 aliphatic heterocycles. The first kappa shape index (κ1) is 66.1. The van der Waals surface area contributed by atoms with Gasteiger partial charge < -0.3 is 67.6 Å². The summed E-state index contributed by atoms with van der Waals surface area (Å²) in [6.07, 6.45) is -2.25. The summed E-state index contributed by atoms with van der Waals surface area (Å²) in [5.41, 5.74) is 1.59. The van der Waals surface area contributed by atoms with Crippen LogP contribution < -0.4 is 50.0 Å². The van der Waals surface area contributed by atoms with Crippen molar-refractivity contribution in [2.75, 3.05) is 21.3 Å². The van der Waals surface area contributed by atoms with Crippen LogP contribution in [0.25, 0.3) is 44.3 Å². The van der Waals surface area contributed by atoms with Crippen molar-refractivity contribution in [1.29, 1.82) is 0 Å². The molecule has 0 fully saturated rings. The molecular formula is C71H76N4O17. The SMILES string of the molecule is COc1cc2c(cc1OC(=O)[C@H](Cc1ccccc1)NC(=O)OC(C)(C)C)oc(=O)c1c2c(-c2ccc(OC(=O)[C@H](Cc3ccccc3)NC(=O)OC(C)(C)C)c(C)c2)c2n1CCc1c-2cc(OC)c(OC)c1OC(=O)[C@H](Cc1ccccc1)NC(=O)OC(C)(C)C. The predicted octanol–water partition coefficient (Wildman–Crippen LogP) is 12.1. The third-order valence-corrected chi connectivity index (χ3v) is 14.6. The summed E-state index contributed by atoms with van der Waals surface area (Å²) in [5.74, 6) is -2.26. The molecule has 0 unspecified atom stereocenters. The Hall–Kier alpha value is -10.3. The van der Waals surface area contributed by atoms with E-state index in [0.29, 0.717) is 49.8 Å². The van der Waals surface area contributed by atoms with Crippen LogP contribution in [0.15, 0.2) is 137 Å². The van der Waals surface area contributed by atoms with Crippen LogP contribution in [0.1, 0.15) is 90.1 Å². The number of amides is 3. The number of carbonyl (C=O) groups excluding carboxylic acids is 6. The maximum atomic E-state index is 15.0. The third kappa shape index (κ3) is 15.8. The molecule has 3 amide bonds. The number of aryl methyl sites for hydroxylation is 2. The summed E-state index contributed by atoms with van der Waals surface area (Å²) in [6.45, 7) is 17.2. The standard InChI is InChI=1S/C71H76N4O17/c1-40-33-44(29-30-51(40)86-62(76)48(34-41-23-17-14-18-24-41)72-66(80)90-69(2,3)4)56-57-47-38-53(83-11)54(88-63(77)49(35-42-25-19-15-20-26-42)73-67(81)91-70(5,6)7)39-52(47)87-65(79)59(57)75-32-31-45-46(58(56)75)37-55(84-12)61(85-13)60(45)89-64(78)50(36-43-27-21-16-22-28-43)74-68(82)92-71(8,9)10/h14-30,33,37-39,48-50H,31-32,34-36H2,1-13H3,(H,72,80)(H,73,81)(H,74,82)/t48-,49-,50-/m0/s1. The van der Waals surface area contributed by atoms with E-state index < -0.39 is 76.7 Å². The summed E-state index contributed by atoms with van der Waals surface area (Å²) in [7, 11) is 4.20. The zero-order valence-electron chi connectivity index (χ0n) is 53.8. The van der Waals surface area contributed by atoms with Crippen molar-refractivity contribution in [2.45, 2.75) is 136 Å². The van der Waals surface area contributed by atoms with Gasteiger partial charge in [-0.2, -0.15) is 0 Å². The Bertz CT molecular complexity index is 4140. The van der Waals surface area contributed by atoms with Gasteiger partial charge in [0, 0.05) is 59.3 Å². The summed E-state index contributed by atoms with van der Waals surface area (Å²) >= 11 is 0. The van der Waals surface area contributed by atoms with Gasteiger partial charge in [0.2, 0.25) is 5.75 Å². The van der Waals surface area contributed by atoms with E-state index in [2.05, 4.69) is 16.0 Å². The van der Waals surface area contributed by atoms with Crippen LogP contribution >= 0.6 is 0 Å². The highest BCUT2D eigenvalue weighted by molar-refractivity contribution is 6.17. The Balaban J connectivity index is 1.21. The lowest BCUT2D eigenvalue weighted by Crippen LogP contribution is -2.46. The summed E-state index contributed by atoms with van der Waals surface area (Å²) < 4.78 is 61.3. The van der Waals surface area contributed by atoms with Gasteiger partial charge in [-0.25, -0.2) is 33.6 Å². The Labute approximate surface area is 532 Å². The highest BCUT2D eigenvalue weighted by atomic mass is 16.6. The summed E-state index contributed by atoms with van der Waals surface area (Å²) in [6, 6.07) is 33.3. The Morgan fingerprint density at radius 1 is 0.522 bits per heavy atom. The predicted molar refractivity (Wildman–Crippen MR) is 344 cm³/mol. The molecule has 482 valence electrons. The molecule has 0 saturated carbocycles. The Kier molecular flexibility index (Phi) is 19.7. The number of benzene rings is 6. The van der Waals surface area contributed by atoms with Gasteiger partial charge in [-0.1, -0.05) is 97.1 Å². The molecule has 21 nitrogen and oxygen atoms in total. The number of nitrogens with one attached hydrogen (secondary N) is 3. The minimum absolute atomic E-state index is 0.0152. The zero-order chi connectivity index (χ0) is 66.4. The van der Waals surface area contributed by atoms with Gasteiger partial charge in [0.25, 0.3) is 0 Å². The lowest BCUT2D eigenvalue weighted by atomic mass is 9.90. The molecule has 21 heteroatoms. The second-order valence-electron chi connectivity index (χ2n) is 25.1. The molecule has 0 bridgehead atoms. The molecule has 8 aromatic rings. The van der Waals surface area contributed by atoms with Crippen LogP contribution in [0.2, 0.25) is 0 Å². The van der Waals surface area contributed by atoms with Crippen molar-refractivity contribution in [3.8, 4) is 56.9 Å². The maximum absolute atomic E-state index is 15.0. The molecule has 2 aromatic heterocycles. The van der Waals surface area contributed by atoms with Crippen molar-refractivity contribution in [1.82, 2.24) is 20.5 Å². The topological polar surface area (TPSA) is 257 Å². The van der Waals surface area contributed by atoms with Crippen molar-refractivity contribution >= 4 is 58.1 Å². The number of nitrogens with zero attached hydrogens (tertiary/aromatic N) is 1. The molecule has 6 aromatic carbocycles. The highest BCUT2D eigenvalue weighted by Crippen LogP contribution is 2.53. The van der Waals surface area contributed by atoms with Gasteiger partial charge in [0.1, 0.15) is 51.8 Å². The third-order valence-electron chi connectivity index (χ3n) is 14.6. The smallest absolute Gasteiger partial charge is 0.408 e. The lowest BCUT2D eigenvalue weighted by Gasteiger charge is -2.27. The number of hydrogen-bond acceptors (Lipinski definition) is 17. The fourth-order valence-electron chi connectivity index (χ4n) is 10.8. The molecule has 3 N–H and O–H groups in total. The van der Waals surface area contributed by atoms with Crippen molar-refractivity contribution in [3.05, 3.63) is 166 Å². The number of fused-ring (bicyclic) bond motifs is 7. The number of methoxy groups -OCH3 is 3. The van der Waals surface area contributed by atoms with Crippen molar-refractivity contribution < 1.29 is 75.8 Å². The largest absolute Gasteiger partial charge is 0.493 e. The second-order valence-corrected chi connectivity index (χ2v) is 25.1. The van der Waals surface area contributed by atoms with E-state index in [9.17, 15) is 28.8 Å². The van der Waals surface area contributed by atoms with Crippen molar-refractivity contribution in [2.24, 2.45) is 0 Å². The summed E-state index contributed by atoms with van der Waals surface area (Å²) in [4.78, 5) is 98.4. The van der Waals surface area contributed by atoms with Crippen LogP contribution in [-0.2, 0) is 60.8 Å². The summed E-state index contributed by atoms with van der Waals surface area (Å²) in [5, 5.41) is 8.74. The monoisotopic (exact) mass is 1260 g/mol. The van der Waals surface area contributed by atoms with E-state index in [-0.39, 0.29) is 77.8 Å². The maximum Gasteiger partial charge on any atom is 0.408 e. The molecule has 3 heterocycles. The van der Waals surface area contributed by atoms with Crippen LogP contribution in [-0.4, -0.2) is 97.0 Å². The molecular weight excluding hydrogens is 1180 g/mol. The van der Waals surface area contributed by atoms with Gasteiger partial charge in [0.15, 0.2) is 23.0 Å². The molecule has 3 atom stereocenters. The first-order valence-electron chi connectivity index (χ1n) is 30.0. The Morgan fingerprint density at radius 2 is 0.978 bits per heavy atom. The van der Waals surface area contributed by atoms with Crippen LogP contribution in [0.3, 0.4) is 0 Å². The number of aromatic nitrogens is 1. The van der Waals surface area contributed by atoms with E-state index in [1.54, 1.807) is 128 Å². The van der Waals surface area contributed by atoms with Gasteiger partial charge in [-0.15, -0.1) is 0 Å². The first-order valence-corrected chi connectivity index (χ1v) is 30.0. The number of alkyl carbamates (subject to hydrolysis) is 3. The molecule has 9 rings (SSSR count). The van der Waals surface area contributed by atoms with Gasteiger partial charge in [0.05, 0.1) is 27.0 Å². The van der Waals surface area contributed by atoms with E-state index in [0.717, 1.165) is 11.1 Å². The van der Waals surface area contributed by atoms with E-state index in [1.807, 2.05) is 66.7 Å². The fourth-order valence-corrected chi connectivity index (χ4v) is 10.8. The number of hydrogen-bond donors (Lipinski definition) is 3.